The molecule has 8 heteroatoms. The number of benzene rings is 1. The fourth-order valence-electron chi connectivity index (χ4n) is 1.81. The Labute approximate surface area is 134 Å². The molecule has 0 atom stereocenters. The molecule has 1 aromatic carbocycles. The van der Waals surface area contributed by atoms with Crippen molar-refractivity contribution >= 4 is 25.8 Å². The van der Waals surface area contributed by atoms with Crippen molar-refractivity contribution in [3.8, 4) is 11.1 Å². The lowest BCUT2D eigenvalue weighted by Crippen LogP contribution is -2.06. The van der Waals surface area contributed by atoms with Gasteiger partial charge in [-0.3, -0.25) is 0 Å². The molecule has 0 radical (unpaired) electrons. The lowest BCUT2D eigenvalue weighted by atomic mass is 10.1. The predicted molar refractivity (Wildman–Crippen MR) is 80.1 cm³/mol. The van der Waals surface area contributed by atoms with Gasteiger partial charge < -0.3 is 0 Å². The van der Waals surface area contributed by atoms with Gasteiger partial charge >= 0.3 is 6.18 Å². The van der Waals surface area contributed by atoms with Crippen molar-refractivity contribution in [2.45, 2.75) is 18.0 Å². The fraction of sp³-hybridized carbons (Fsp3) is 0.214. The summed E-state index contributed by atoms with van der Waals surface area (Å²) < 4.78 is 61.8. The Morgan fingerprint density at radius 2 is 1.73 bits per heavy atom. The Morgan fingerprint density at radius 1 is 1.14 bits per heavy atom. The van der Waals surface area contributed by atoms with Gasteiger partial charge in [-0.05, 0) is 39.7 Å². The van der Waals surface area contributed by atoms with Crippen molar-refractivity contribution in [1.82, 2.24) is 4.98 Å². The lowest BCUT2D eigenvalue weighted by Gasteiger charge is -2.09. The van der Waals surface area contributed by atoms with Crippen LogP contribution in [0.2, 0.25) is 0 Å². The molecule has 1 heterocycles. The van der Waals surface area contributed by atoms with Gasteiger partial charge in [-0.1, -0.05) is 19.1 Å². The van der Waals surface area contributed by atoms with Crippen LogP contribution in [0.25, 0.3) is 11.1 Å². The van der Waals surface area contributed by atoms with E-state index in [2.05, 4.69) is 20.9 Å². The maximum Gasteiger partial charge on any atom is 0.416 e. The molecule has 1 aromatic heterocycles. The Kier molecular flexibility index (Phi) is 4.62. The molecule has 2 aromatic rings. The number of alkyl halides is 3. The lowest BCUT2D eigenvalue weighted by molar-refractivity contribution is -0.137. The maximum atomic E-state index is 12.5. The molecule has 0 aliphatic rings. The van der Waals surface area contributed by atoms with Gasteiger partial charge in [0.05, 0.1) is 11.3 Å². The number of nitrogens with zero attached hydrogens (tertiary/aromatic N) is 1. The maximum absolute atomic E-state index is 12.5. The van der Waals surface area contributed by atoms with Crippen molar-refractivity contribution in [1.29, 1.82) is 0 Å². The van der Waals surface area contributed by atoms with Crippen molar-refractivity contribution in [3.63, 3.8) is 0 Å². The van der Waals surface area contributed by atoms with E-state index in [9.17, 15) is 21.6 Å². The minimum Gasteiger partial charge on any atom is -0.247 e. The van der Waals surface area contributed by atoms with Crippen LogP contribution in [-0.2, 0) is 16.0 Å². The number of aromatic nitrogens is 1. The summed E-state index contributed by atoms with van der Waals surface area (Å²) in [6.45, 7) is 1.51. The van der Waals surface area contributed by atoms with Gasteiger partial charge in [0.2, 0.25) is 0 Å². The van der Waals surface area contributed by atoms with E-state index in [1.54, 1.807) is 0 Å². The summed E-state index contributed by atoms with van der Waals surface area (Å²) in [5.41, 5.74) is 0.132. The third-order valence-electron chi connectivity index (χ3n) is 3.07. The van der Waals surface area contributed by atoms with Crippen LogP contribution in [0.4, 0.5) is 13.2 Å². The molecule has 0 aliphatic heterocycles. The molecule has 0 amide bonds. The molecule has 0 bridgehead atoms. The Bertz CT molecular complexity index is 787. The van der Waals surface area contributed by atoms with Crippen LogP contribution in [0.15, 0.2) is 46.0 Å². The molecule has 0 aliphatic carbocycles. The average Bonchev–Trinajstić information content (AvgIpc) is 2.47. The zero-order chi connectivity index (χ0) is 16.5. The van der Waals surface area contributed by atoms with Gasteiger partial charge in [0.1, 0.15) is 9.50 Å². The topological polar surface area (TPSA) is 47.0 Å². The number of hydrogen-bond donors (Lipinski definition) is 0. The second kappa shape index (κ2) is 6.00. The van der Waals surface area contributed by atoms with E-state index in [1.807, 2.05) is 0 Å². The van der Waals surface area contributed by atoms with Crippen molar-refractivity contribution in [2.24, 2.45) is 0 Å². The van der Waals surface area contributed by atoms with Crippen LogP contribution in [0.5, 0.6) is 0 Å². The molecule has 2 rings (SSSR count). The third kappa shape index (κ3) is 3.49. The van der Waals surface area contributed by atoms with E-state index in [4.69, 9.17) is 0 Å². The molecular formula is C14H11BrF3NO2S. The van der Waals surface area contributed by atoms with Crippen molar-refractivity contribution in [3.05, 3.63) is 46.7 Å². The van der Waals surface area contributed by atoms with Crippen LogP contribution < -0.4 is 0 Å². The molecule has 22 heavy (non-hydrogen) atoms. The van der Waals surface area contributed by atoms with E-state index in [1.165, 1.54) is 31.3 Å². The Balaban J connectivity index is 2.48. The molecule has 0 spiro atoms. The summed E-state index contributed by atoms with van der Waals surface area (Å²) in [5, 5.41) is 0. The molecule has 0 unspecified atom stereocenters. The summed E-state index contributed by atoms with van der Waals surface area (Å²) >= 11 is 3.08. The normalized spacial score (nSPS) is 12.4. The first-order chi connectivity index (χ1) is 10.1. The number of pyridine rings is 1. The first-order valence-electron chi connectivity index (χ1n) is 6.21. The first-order valence-corrected chi connectivity index (χ1v) is 8.65. The van der Waals surface area contributed by atoms with Gasteiger partial charge in [-0.2, -0.15) is 13.2 Å². The highest BCUT2D eigenvalue weighted by atomic mass is 79.9. The molecule has 0 saturated heterocycles. The highest BCUT2D eigenvalue weighted by molar-refractivity contribution is 9.10. The summed E-state index contributed by atoms with van der Waals surface area (Å²) in [6.07, 6.45) is -3.01. The summed E-state index contributed by atoms with van der Waals surface area (Å²) in [4.78, 5) is 3.98. The zero-order valence-electron chi connectivity index (χ0n) is 11.4. The van der Waals surface area contributed by atoms with Gasteiger partial charge in [-0.25, -0.2) is 13.4 Å². The number of sulfone groups is 1. The number of halogens is 4. The Hall–Kier alpha value is -1.41. The van der Waals surface area contributed by atoms with E-state index >= 15 is 0 Å². The fourth-order valence-corrected chi connectivity index (χ4v) is 3.69. The smallest absolute Gasteiger partial charge is 0.247 e. The van der Waals surface area contributed by atoms with Gasteiger partial charge in [0.25, 0.3) is 0 Å². The standard InChI is InChI=1S/C14H11BrF3NO2S/c1-2-22(20,21)12-7-10(8-19-13(12)15)9-3-5-11(6-4-9)14(16,17)18/h3-8H,2H2,1H3. The highest BCUT2D eigenvalue weighted by Gasteiger charge is 2.30. The van der Waals surface area contributed by atoms with Crippen molar-refractivity contribution < 1.29 is 21.6 Å². The van der Waals surface area contributed by atoms with Crippen molar-refractivity contribution in [2.75, 3.05) is 5.75 Å². The molecule has 3 nitrogen and oxygen atoms in total. The Morgan fingerprint density at radius 3 is 2.23 bits per heavy atom. The molecule has 118 valence electrons. The average molecular weight is 394 g/mol. The second-order valence-electron chi connectivity index (χ2n) is 4.49. The van der Waals surface area contributed by atoms with Crippen LogP contribution in [-0.4, -0.2) is 19.2 Å². The van der Waals surface area contributed by atoms with Crippen LogP contribution >= 0.6 is 15.9 Å². The first kappa shape index (κ1) is 17.0. The summed E-state index contributed by atoms with van der Waals surface area (Å²) in [6, 6.07) is 5.88. The predicted octanol–water partition coefficient (Wildman–Crippen LogP) is 4.32. The summed E-state index contributed by atoms with van der Waals surface area (Å²) in [7, 11) is -3.48. The third-order valence-corrected chi connectivity index (χ3v) is 5.70. The van der Waals surface area contributed by atoms with Crippen LogP contribution in [0.3, 0.4) is 0 Å². The van der Waals surface area contributed by atoms with E-state index in [0.717, 1.165) is 12.1 Å². The quantitative estimate of drug-likeness (QED) is 0.729. The number of hydrogen-bond acceptors (Lipinski definition) is 3. The minimum absolute atomic E-state index is 0.0207. The van der Waals surface area contributed by atoms with E-state index < -0.39 is 21.6 Å². The molecule has 0 saturated carbocycles. The van der Waals surface area contributed by atoms with Crippen LogP contribution in [0.1, 0.15) is 12.5 Å². The van der Waals surface area contributed by atoms with Gasteiger partial charge in [0, 0.05) is 11.8 Å². The van der Waals surface area contributed by atoms with E-state index in [-0.39, 0.29) is 15.3 Å². The minimum atomic E-state index is -4.41. The SMILES string of the molecule is CCS(=O)(=O)c1cc(-c2ccc(C(F)(F)F)cc2)cnc1Br. The van der Waals surface area contributed by atoms with Gasteiger partial charge in [0.15, 0.2) is 9.84 Å². The highest BCUT2D eigenvalue weighted by Crippen LogP contribution is 2.32. The van der Waals surface area contributed by atoms with E-state index in [0.29, 0.717) is 11.1 Å². The zero-order valence-corrected chi connectivity index (χ0v) is 13.8. The molecule has 0 fully saturated rings. The second-order valence-corrected chi connectivity index (χ2v) is 7.49. The molecule has 0 N–H and O–H groups in total. The van der Waals surface area contributed by atoms with Gasteiger partial charge in [-0.15, -0.1) is 0 Å². The number of rotatable bonds is 3. The largest absolute Gasteiger partial charge is 0.416 e. The summed E-state index contributed by atoms with van der Waals surface area (Å²) in [5.74, 6) is -0.0935. The monoisotopic (exact) mass is 393 g/mol. The van der Waals surface area contributed by atoms with Crippen LogP contribution in [0, 0.1) is 0 Å². The molecular weight excluding hydrogens is 383 g/mol.